The first-order chi connectivity index (χ1) is 7.68. The number of imide groups is 1. The summed E-state index contributed by atoms with van der Waals surface area (Å²) in [5, 5.41) is 3.13. The number of hydrogen-bond donors (Lipinski definition) is 1. The highest BCUT2D eigenvalue weighted by Crippen LogP contribution is 2.17. The minimum absolute atomic E-state index is 0.0964. The lowest BCUT2D eigenvalue weighted by Gasteiger charge is -2.24. The Labute approximate surface area is 94.2 Å². The summed E-state index contributed by atoms with van der Waals surface area (Å²) >= 11 is 0. The fourth-order valence-corrected chi connectivity index (χ4v) is 1.87. The van der Waals surface area contributed by atoms with Gasteiger partial charge >= 0.3 is 0 Å². The number of para-hydroxylation sites is 1. The second kappa shape index (κ2) is 4.35. The molecule has 84 valence electrons. The Kier molecular flexibility index (Phi) is 2.90. The smallest absolute Gasteiger partial charge is 0.231 e. The first-order valence-electron chi connectivity index (χ1n) is 5.35. The number of carbonyl (C=O) groups excluding carboxylic acids is 2. The number of nitrogens with zero attached hydrogens (tertiary/aromatic N) is 1. The van der Waals surface area contributed by atoms with Gasteiger partial charge in [-0.25, -0.2) is 0 Å². The van der Waals surface area contributed by atoms with Gasteiger partial charge < -0.3 is 5.32 Å². The van der Waals surface area contributed by atoms with Crippen molar-refractivity contribution in [2.75, 3.05) is 5.32 Å². The lowest BCUT2D eigenvalue weighted by molar-refractivity contribution is -0.140. The van der Waals surface area contributed by atoms with Crippen molar-refractivity contribution in [3.8, 4) is 0 Å². The molecule has 1 N–H and O–H groups in total. The van der Waals surface area contributed by atoms with Crippen molar-refractivity contribution < 1.29 is 9.59 Å². The fourth-order valence-electron chi connectivity index (χ4n) is 1.87. The van der Waals surface area contributed by atoms with Gasteiger partial charge in [0.1, 0.15) is 6.17 Å². The van der Waals surface area contributed by atoms with E-state index in [-0.39, 0.29) is 18.0 Å². The van der Waals surface area contributed by atoms with Crippen LogP contribution >= 0.6 is 0 Å². The molecule has 4 nitrogen and oxygen atoms in total. The molecular formula is C12H14N2O2. The maximum Gasteiger partial charge on any atom is 0.231 e. The predicted octanol–water partition coefficient (Wildman–Crippen LogP) is 1.59. The van der Waals surface area contributed by atoms with Crippen LogP contribution in [-0.2, 0) is 9.59 Å². The van der Waals surface area contributed by atoms with Crippen molar-refractivity contribution in [3.05, 3.63) is 30.3 Å². The monoisotopic (exact) mass is 218 g/mol. The Morgan fingerprint density at radius 2 is 1.69 bits per heavy atom. The van der Waals surface area contributed by atoms with Gasteiger partial charge in [-0.05, 0) is 19.1 Å². The third-order valence-corrected chi connectivity index (χ3v) is 2.63. The molecule has 0 saturated carbocycles. The average Bonchev–Trinajstić information content (AvgIpc) is 2.60. The Balaban J connectivity index is 2.06. The Morgan fingerprint density at radius 1 is 1.12 bits per heavy atom. The van der Waals surface area contributed by atoms with Gasteiger partial charge in [0, 0.05) is 18.5 Å². The Hall–Kier alpha value is -1.84. The van der Waals surface area contributed by atoms with Crippen LogP contribution in [0.3, 0.4) is 0 Å². The SMILES string of the molecule is C[C@H](Nc1ccccc1)N1C(=O)CCC1=O. The predicted molar refractivity (Wildman–Crippen MR) is 60.6 cm³/mol. The van der Waals surface area contributed by atoms with E-state index in [1.54, 1.807) is 0 Å². The summed E-state index contributed by atoms with van der Waals surface area (Å²) in [5.41, 5.74) is 0.905. The van der Waals surface area contributed by atoms with Crippen LogP contribution in [-0.4, -0.2) is 22.9 Å². The number of amides is 2. The van der Waals surface area contributed by atoms with Crippen LogP contribution in [0.4, 0.5) is 5.69 Å². The number of nitrogens with one attached hydrogen (secondary N) is 1. The molecule has 1 aliphatic heterocycles. The van der Waals surface area contributed by atoms with Crippen LogP contribution in [0.15, 0.2) is 30.3 Å². The molecule has 1 heterocycles. The van der Waals surface area contributed by atoms with E-state index in [1.165, 1.54) is 4.90 Å². The molecule has 0 spiro atoms. The van der Waals surface area contributed by atoms with Crippen molar-refractivity contribution in [1.29, 1.82) is 0 Å². The summed E-state index contributed by atoms with van der Waals surface area (Å²) in [4.78, 5) is 24.3. The molecular weight excluding hydrogens is 204 g/mol. The second-order valence-electron chi connectivity index (χ2n) is 3.84. The molecule has 0 radical (unpaired) electrons. The maximum absolute atomic E-state index is 11.5. The molecule has 2 amide bonds. The third-order valence-electron chi connectivity index (χ3n) is 2.63. The van der Waals surface area contributed by atoms with Crippen molar-refractivity contribution in [2.45, 2.75) is 25.9 Å². The second-order valence-corrected chi connectivity index (χ2v) is 3.84. The Morgan fingerprint density at radius 3 is 2.25 bits per heavy atom. The summed E-state index contributed by atoms with van der Waals surface area (Å²) in [6, 6.07) is 9.54. The Bertz CT molecular complexity index is 387. The number of hydrogen-bond acceptors (Lipinski definition) is 3. The minimum atomic E-state index is -0.287. The van der Waals surface area contributed by atoms with Crippen LogP contribution in [0.5, 0.6) is 0 Å². The highest BCUT2D eigenvalue weighted by Gasteiger charge is 2.32. The van der Waals surface area contributed by atoms with Crippen LogP contribution < -0.4 is 5.32 Å². The van der Waals surface area contributed by atoms with Gasteiger partial charge in [-0.2, -0.15) is 0 Å². The van der Waals surface area contributed by atoms with E-state index >= 15 is 0 Å². The largest absolute Gasteiger partial charge is 0.365 e. The number of rotatable bonds is 3. The normalized spacial score (nSPS) is 17.7. The van der Waals surface area contributed by atoms with Gasteiger partial charge in [-0.1, -0.05) is 18.2 Å². The van der Waals surface area contributed by atoms with Gasteiger partial charge in [-0.15, -0.1) is 0 Å². The zero-order valence-corrected chi connectivity index (χ0v) is 9.14. The summed E-state index contributed by atoms with van der Waals surface area (Å²) < 4.78 is 0. The molecule has 1 aromatic carbocycles. The van der Waals surface area contributed by atoms with E-state index in [2.05, 4.69) is 5.32 Å². The molecule has 0 aromatic heterocycles. The summed E-state index contributed by atoms with van der Waals surface area (Å²) in [7, 11) is 0. The topological polar surface area (TPSA) is 49.4 Å². The van der Waals surface area contributed by atoms with Gasteiger partial charge in [0.05, 0.1) is 0 Å². The first kappa shape index (κ1) is 10.7. The summed E-state index contributed by atoms with van der Waals surface area (Å²) in [6.07, 6.45) is 0.379. The first-order valence-corrected chi connectivity index (χ1v) is 5.35. The van der Waals surface area contributed by atoms with E-state index in [4.69, 9.17) is 0 Å². The number of anilines is 1. The maximum atomic E-state index is 11.5. The van der Waals surface area contributed by atoms with Crippen molar-refractivity contribution in [2.24, 2.45) is 0 Å². The zero-order chi connectivity index (χ0) is 11.5. The van der Waals surface area contributed by atoms with Crippen LogP contribution in [0.25, 0.3) is 0 Å². The van der Waals surface area contributed by atoms with Gasteiger partial charge in [-0.3, -0.25) is 14.5 Å². The molecule has 2 rings (SSSR count). The van der Waals surface area contributed by atoms with Crippen molar-refractivity contribution >= 4 is 17.5 Å². The van der Waals surface area contributed by atoms with Crippen LogP contribution in [0, 0.1) is 0 Å². The number of benzene rings is 1. The van der Waals surface area contributed by atoms with E-state index in [1.807, 2.05) is 37.3 Å². The molecule has 0 aliphatic carbocycles. The lowest BCUT2D eigenvalue weighted by atomic mass is 10.3. The average molecular weight is 218 g/mol. The molecule has 16 heavy (non-hydrogen) atoms. The van der Waals surface area contributed by atoms with E-state index in [0.717, 1.165) is 5.69 Å². The molecule has 1 atom stereocenters. The molecule has 4 heteroatoms. The number of carbonyl (C=O) groups is 2. The van der Waals surface area contributed by atoms with Gasteiger partial charge in [0.15, 0.2) is 0 Å². The van der Waals surface area contributed by atoms with E-state index in [0.29, 0.717) is 12.8 Å². The quantitative estimate of drug-likeness (QED) is 0.784. The van der Waals surface area contributed by atoms with Gasteiger partial charge in [0.2, 0.25) is 11.8 Å². The molecule has 1 fully saturated rings. The minimum Gasteiger partial charge on any atom is -0.365 e. The summed E-state index contributed by atoms with van der Waals surface area (Å²) in [6.45, 7) is 1.81. The molecule has 0 unspecified atom stereocenters. The molecule has 0 bridgehead atoms. The highest BCUT2D eigenvalue weighted by molar-refractivity contribution is 6.02. The number of likely N-dealkylation sites (tertiary alicyclic amines) is 1. The van der Waals surface area contributed by atoms with Crippen LogP contribution in [0.2, 0.25) is 0 Å². The standard InChI is InChI=1S/C12H14N2O2/c1-9(13-10-5-3-2-4-6-10)14-11(15)7-8-12(14)16/h2-6,9,13H,7-8H2,1H3/t9-/m1/s1. The van der Waals surface area contributed by atoms with Crippen molar-refractivity contribution in [1.82, 2.24) is 4.90 Å². The third kappa shape index (κ3) is 2.05. The van der Waals surface area contributed by atoms with Crippen molar-refractivity contribution in [3.63, 3.8) is 0 Å². The summed E-state index contributed by atoms with van der Waals surface area (Å²) in [5.74, 6) is -0.193. The van der Waals surface area contributed by atoms with E-state index in [9.17, 15) is 9.59 Å². The van der Waals surface area contributed by atoms with Gasteiger partial charge in [0.25, 0.3) is 0 Å². The zero-order valence-electron chi connectivity index (χ0n) is 9.14. The highest BCUT2D eigenvalue weighted by atomic mass is 16.2. The lowest BCUT2D eigenvalue weighted by Crippen LogP contribution is -2.42. The van der Waals surface area contributed by atoms with Crippen LogP contribution in [0.1, 0.15) is 19.8 Å². The molecule has 1 saturated heterocycles. The molecule has 1 aliphatic rings. The van der Waals surface area contributed by atoms with E-state index < -0.39 is 0 Å². The fraction of sp³-hybridized carbons (Fsp3) is 0.333. The molecule has 1 aromatic rings.